The quantitative estimate of drug-likeness (QED) is 0.686. The lowest BCUT2D eigenvalue weighted by atomic mass is 9.95. The van der Waals surface area contributed by atoms with Crippen molar-refractivity contribution in [2.75, 3.05) is 0 Å². The van der Waals surface area contributed by atoms with Crippen molar-refractivity contribution in [1.82, 2.24) is 0 Å². The minimum absolute atomic E-state index is 0.0911. The van der Waals surface area contributed by atoms with Crippen LogP contribution in [0.1, 0.15) is 52.4 Å². The third-order valence-electron chi connectivity index (χ3n) is 3.59. The van der Waals surface area contributed by atoms with E-state index in [1.54, 1.807) is 0 Å². The summed E-state index contributed by atoms with van der Waals surface area (Å²) >= 11 is 3.50. The number of carbonyl (C=O) groups is 1. The van der Waals surface area contributed by atoms with Gasteiger partial charge in [-0.1, -0.05) is 54.0 Å². The molecule has 2 heteroatoms. The largest absolute Gasteiger partial charge is 0.289 e. The number of benzene rings is 2. The Labute approximate surface area is 129 Å². The van der Waals surface area contributed by atoms with Gasteiger partial charge in [-0.2, -0.15) is 0 Å². The molecule has 0 heterocycles. The van der Waals surface area contributed by atoms with E-state index in [-0.39, 0.29) is 5.78 Å². The number of hydrogen-bond acceptors (Lipinski definition) is 1. The van der Waals surface area contributed by atoms with Crippen LogP contribution in [0.4, 0.5) is 0 Å². The van der Waals surface area contributed by atoms with Crippen molar-refractivity contribution in [1.29, 1.82) is 0 Å². The lowest BCUT2D eigenvalue weighted by Gasteiger charge is -2.10. The molecule has 104 valence electrons. The van der Waals surface area contributed by atoms with E-state index in [2.05, 4.69) is 29.8 Å². The van der Waals surface area contributed by atoms with E-state index >= 15 is 0 Å². The fourth-order valence-corrected chi connectivity index (χ4v) is 2.66. The summed E-state index contributed by atoms with van der Waals surface area (Å²) in [4.78, 5) is 12.6. The third kappa shape index (κ3) is 3.01. The molecule has 0 aliphatic heterocycles. The summed E-state index contributed by atoms with van der Waals surface area (Å²) in [6.07, 6.45) is 0. The smallest absolute Gasteiger partial charge is 0.193 e. The van der Waals surface area contributed by atoms with Crippen LogP contribution in [0.15, 0.2) is 40.9 Å². The first-order valence-electron chi connectivity index (χ1n) is 6.81. The minimum Gasteiger partial charge on any atom is -0.289 e. The Balaban J connectivity index is 2.38. The highest BCUT2D eigenvalue weighted by atomic mass is 79.9. The van der Waals surface area contributed by atoms with Gasteiger partial charge in [-0.3, -0.25) is 4.79 Å². The van der Waals surface area contributed by atoms with Gasteiger partial charge in [-0.25, -0.2) is 0 Å². The Hall–Kier alpha value is -1.41. The van der Waals surface area contributed by atoms with Crippen LogP contribution in [0.2, 0.25) is 0 Å². The van der Waals surface area contributed by atoms with Crippen molar-refractivity contribution in [3.05, 3.63) is 68.7 Å². The summed E-state index contributed by atoms with van der Waals surface area (Å²) < 4.78 is 1.04. The average molecular weight is 331 g/mol. The topological polar surface area (TPSA) is 17.1 Å². The van der Waals surface area contributed by atoms with E-state index in [0.29, 0.717) is 5.92 Å². The Morgan fingerprint density at radius 2 is 1.60 bits per heavy atom. The monoisotopic (exact) mass is 330 g/mol. The number of halogens is 1. The van der Waals surface area contributed by atoms with Gasteiger partial charge in [0, 0.05) is 15.6 Å². The Kier molecular flexibility index (Phi) is 4.44. The number of carbonyl (C=O) groups excluding carboxylic acids is 1. The number of rotatable bonds is 3. The van der Waals surface area contributed by atoms with Crippen LogP contribution in [0.5, 0.6) is 0 Å². The van der Waals surface area contributed by atoms with Crippen LogP contribution < -0.4 is 0 Å². The molecule has 2 aromatic rings. The highest BCUT2D eigenvalue weighted by Gasteiger charge is 2.13. The van der Waals surface area contributed by atoms with Crippen LogP contribution in [0.3, 0.4) is 0 Å². The Bertz CT molecular complexity index is 639. The number of hydrogen-bond donors (Lipinski definition) is 0. The zero-order valence-electron chi connectivity index (χ0n) is 12.3. The van der Waals surface area contributed by atoms with Crippen LogP contribution in [0.25, 0.3) is 0 Å². The van der Waals surface area contributed by atoms with Crippen molar-refractivity contribution < 1.29 is 4.79 Å². The second kappa shape index (κ2) is 5.92. The maximum Gasteiger partial charge on any atom is 0.193 e. The molecule has 0 atom stereocenters. The van der Waals surface area contributed by atoms with Crippen molar-refractivity contribution in [3.8, 4) is 0 Å². The van der Waals surface area contributed by atoms with Gasteiger partial charge in [0.05, 0.1) is 0 Å². The van der Waals surface area contributed by atoms with Gasteiger partial charge in [0.25, 0.3) is 0 Å². The van der Waals surface area contributed by atoms with Crippen molar-refractivity contribution in [2.24, 2.45) is 0 Å². The highest BCUT2D eigenvalue weighted by Crippen LogP contribution is 2.24. The molecular weight excluding hydrogens is 312 g/mol. The van der Waals surface area contributed by atoms with Crippen LogP contribution in [-0.4, -0.2) is 5.78 Å². The molecule has 0 aromatic heterocycles. The maximum atomic E-state index is 12.6. The molecule has 0 amide bonds. The first kappa shape index (κ1) is 15.0. The summed E-state index contributed by atoms with van der Waals surface area (Å²) in [5.74, 6) is 0.573. The SMILES string of the molecule is Cc1cc(C(=O)c2ccc(C(C)C)cc2)c(C)cc1Br. The molecule has 0 saturated heterocycles. The molecule has 0 bridgehead atoms. The summed E-state index contributed by atoms with van der Waals surface area (Å²) in [5.41, 5.74) is 4.87. The van der Waals surface area contributed by atoms with E-state index in [4.69, 9.17) is 0 Å². The molecule has 0 fully saturated rings. The van der Waals surface area contributed by atoms with Crippen molar-refractivity contribution >= 4 is 21.7 Å². The molecule has 0 aliphatic carbocycles. The molecule has 0 spiro atoms. The molecule has 0 N–H and O–H groups in total. The van der Waals surface area contributed by atoms with Gasteiger partial charge in [0.15, 0.2) is 5.78 Å². The summed E-state index contributed by atoms with van der Waals surface area (Å²) in [5, 5.41) is 0. The molecule has 0 aliphatic rings. The lowest BCUT2D eigenvalue weighted by molar-refractivity contribution is 0.103. The first-order chi connectivity index (χ1) is 9.40. The van der Waals surface area contributed by atoms with E-state index in [1.807, 2.05) is 50.2 Å². The molecule has 2 aromatic carbocycles. The zero-order chi connectivity index (χ0) is 14.9. The molecule has 20 heavy (non-hydrogen) atoms. The van der Waals surface area contributed by atoms with E-state index < -0.39 is 0 Å². The van der Waals surface area contributed by atoms with Crippen LogP contribution in [-0.2, 0) is 0 Å². The van der Waals surface area contributed by atoms with Gasteiger partial charge in [0.2, 0.25) is 0 Å². The molecule has 2 rings (SSSR count). The van der Waals surface area contributed by atoms with Crippen molar-refractivity contribution in [3.63, 3.8) is 0 Å². The maximum absolute atomic E-state index is 12.6. The molecule has 0 radical (unpaired) electrons. The number of ketones is 1. The summed E-state index contributed by atoms with van der Waals surface area (Å²) in [7, 11) is 0. The molecule has 1 nitrogen and oxygen atoms in total. The minimum atomic E-state index is 0.0911. The van der Waals surface area contributed by atoms with Gasteiger partial charge in [-0.15, -0.1) is 0 Å². The van der Waals surface area contributed by atoms with Gasteiger partial charge < -0.3 is 0 Å². The molecule has 0 unspecified atom stereocenters. The average Bonchev–Trinajstić information content (AvgIpc) is 2.42. The lowest BCUT2D eigenvalue weighted by Crippen LogP contribution is -2.05. The zero-order valence-corrected chi connectivity index (χ0v) is 13.9. The fourth-order valence-electron chi connectivity index (χ4n) is 2.20. The van der Waals surface area contributed by atoms with Gasteiger partial charge in [0.1, 0.15) is 0 Å². The predicted octanol–water partition coefficient (Wildman–Crippen LogP) is 5.42. The Morgan fingerprint density at radius 3 is 2.15 bits per heavy atom. The van der Waals surface area contributed by atoms with E-state index in [1.165, 1.54) is 5.56 Å². The summed E-state index contributed by atoms with van der Waals surface area (Å²) in [6, 6.07) is 11.9. The molecule has 0 saturated carbocycles. The Morgan fingerprint density at radius 1 is 1.00 bits per heavy atom. The predicted molar refractivity (Wildman–Crippen MR) is 87.6 cm³/mol. The highest BCUT2D eigenvalue weighted by molar-refractivity contribution is 9.10. The van der Waals surface area contributed by atoms with Crippen LogP contribution >= 0.6 is 15.9 Å². The summed E-state index contributed by atoms with van der Waals surface area (Å²) in [6.45, 7) is 8.28. The normalized spacial score (nSPS) is 10.9. The van der Waals surface area contributed by atoms with E-state index in [0.717, 1.165) is 26.7 Å². The number of aryl methyl sites for hydroxylation is 2. The molecular formula is C18H19BrO. The third-order valence-corrected chi connectivity index (χ3v) is 4.44. The van der Waals surface area contributed by atoms with E-state index in [9.17, 15) is 4.79 Å². The van der Waals surface area contributed by atoms with Crippen molar-refractivity contribution in [2.45, 2.75) is 33.6 Å². The standard InChI is InChI=1S/C18H19BrO/c1-11(2)14-5-7-15(8-6-14)18(20)16-9-13(4)17(19)10-12(16)3/h5-11H,1-4H3. The van der Waals surface area contributed by atoms with Gasteiger partial charge >= 0.3 is 0 Å². The van der Waals surface area contributed by atoms with Gasteiger partial charge in [-0.05, 0) is 48.6 Å². The van der Waals surface area contributed by atoms with Crippen LogP contribution in [0, 0.1) is 13.8 Å². The second-order valence-corrected chi connectivity index (χ2v) is 6.38. The second-order valence-electron chi connectivity index (χ2n) is 5.52. The first-order valence-corrected chi connectivity index (χ1v) is 7.61. The fraction of sp³-hybridized carbons (Fsp3) is 0.278.